The summed E-state index contributed by atoms with van der Waals surface area (Å²) in [4.78, 5) is 72.9. The lowest BCUT2D eigenvalue weighted by molar-refractivity contribution is -0.384. The molecule has 1 aromatic rings. The van der Waals surface area contributed by atoms with Crippen molar-refractivity contribution in [2.45, 2.75) is 96.2 Å². The van der Waals surface area contributed by atoms with Gasteiger partial charge in [0, 0.05) is 71.8 Å². The number of hydrogen-bond donors (Lipinski definition) is 1. The molecule has 6 aliphatic rings. The second-order valence-electron chi connectivity index (χ2n) is 16.5. The van der Waals surface area contributed by atoms with E-state index in [1.54, 1.807) is 25.5 Å². The average molecular weight is 806 g/mol. The van der Waals surface area contributed by atoms with Gasteiger partial charge in [-0.05, 0) is 55.6 Å². The van der Waals surface area contributed by atoms with E-state index in [1.165, 1.54) is 23.6 Å². The number of aliphatic hydroxyl groups is 1. The predicted molar refractivity (Wildman–Crippen MR) is 217 cm³/mol. The van der Waals surface area contributed by atoms with Crippen molar-refractivity contribution < 1.29 is 38.7 Å². The van der Waals surface area contributed by atoms with E-state index in [1.807, 2.05) is 29.7 Å². The van der Waals surface area contributed by atoms with E-state index in [0.717, 1.165) is 56.6 Å². The molecular formula is C42H59N7O9. The molecule has 4 heterocycles. The number of urea groups is 1. The van der Waals surface area contributed by atoms with Gasteiger partial charge in [-0.25, -0.2) is 9.79 Å². The summed E-state index contributed by atoms with van der Waals surface area (Å²) in [6.45, 7) is 10.5. The third-order valence-electron chi connectivity index (χ3n) is 12.7. The number of nitro groups is 1. The van der Waals surface area contributed by atoms with Gasteiger partial charge < -0.3 is 29.3 Å². The maximum Gasteiger partial charge on any atom is 0.328 e. The molecule has 0 saturated carbocycles. The molecule has 1 aromatic carbocycles. The Kier molecular flexibility index (Phi) is 13.9. The molecule has 0 bridgehead atoms. The number of amides is 3. The van der Waals surface area contributed by atoms with E-state index in [-0.39, 0.29) is 65.0 Å². The van der Waals surface area contributed by atoms with E-state index >= 15 is 0 Å². The molecule has 3 fully saturated rings. The molecule has 4 aliphatic heterocycles. The van der Waals surface area contributed by atoms with Crippen molar-refractivity contribution in [3.8, 4) is 0 Å². The molecule has 16 heteroatoms. The summed E-state index contributed by atoms with van der Waals surface area (Å²) < 4.78 is 11.4. The van der Waals surface area contributed by atoms with Crippen molar-refractivity contribution >= 4 is 41.6 Å². The molecule has 3 saturated heterocycles. The maximum atomic E-state index is 12.6. The highest BCUT2D eigenvalue weighted by molar-refractivity contribution is 6.01. The number of carbonyl (C=O) groups excluding carboxylic acids is 4. The van der Waals surface area contributed by atoms with Crippen LogP contribution in [0.4, 0.5) is 16.2 Å². The monoisotopic (exact) mass is 805 g/mol. The first-order valence-electron chi connectivity index (χ1n) is 20.8. The van der Waals surface area contributed by atoms with Crippen LogP contribution in [0.1, 0.15) is 65.7 Å². The fourth-order valence-corrected chi connectivity index (χ4v) is 9.06. The first kappa shape index (κ1) is 42.8. The lowest BCUT2D eigenvalue weighted by atomic mass is 9.66. The topological polar surface area (TPSA) is 179 Å². The van der Waals surface area contributed by atoms with Gasteiger partial charge in [-0.1, -0.05) is 51.1 Å². The number of carbonyl (C=O) groups is 4. The zero-order chi connectivity index (χ0) is 41.7. The smallest absolute Gasteiger partial charge is 0.328 e. The summed E-state index contributed by atoms with van der Waals surface area (Å²) in [6.07, 6.45) is 11.8. The Balaban J connectivity index is 0.000000196. The second-order valence-corrected chi connectivity index (χ2v) is 16.5. The number of likely N-dealkylation sites (N-methyl/N-ethyl adjacent to an activating group) is 2. The van der Waals surface area contributed by atoms with Crippen LogP contribution in [-0.4, -0.2) is 144 Å². The summed E-state index contributed by atoms with van der Waals surface area (Å²) in [6, 6.07) is 6.00. The van der Waals surface area contributed by atoms with E-state index < -0.39 is 18.3 Å². The number of nitrogens with zero attached hydrogens (tertiary/aromatic N) is 7. The number of para-hydroxylation sites is 2. The van der Waals surface area contributed by atoms with Crippen molar-refractivity contribution in [1.82, 2.24) is 19.6 Å². The number of rotatable bonds is 11. The summed E-state index contributed by atoms with van der Waals surface area (Å²) in [5, 5.41) is 21.1. The number of ether oxygens (including phenoxy) is 2. The predicted octanol–water partition coefficient (Wildman–Crippen LogP) is 4.23. The Hall–Kier alpha value is -4.83. The van der Waals surface area contributed by atoms with Crippen molar-refractivity contribution in [2.24, 2.45) is 28.7 Å². The van der Waals surface area contributed by atoms with Crippen LogP contribution in [0.3, 0.4) is 0 Å². The zero-order valence-electron chi connectivity index (χ0n) is 34.4. The van der Waals surface area contributed by atoms with Crippen LogP contribution in [0.25, 0.3) is 0 Å². The molecule has 58 heavy (non-hydrogen) atoms. The standard InChI is InChI=1S/C23H34O5.C19H25N7O4/c1-4-14(2)23(26)28-20-7-5-6-16-9-8-15(3)19(22(16)20)11-10-18-12-17(24)13-21(25)27-18;1-21-17-16(18(27)22(2)19(21)28)25(13-20-17)12-9-23-7-10-24(11-8-23)14-5-3-4-6-15(14)26(29)30/h6,8-9,14-15,17-20,22,24H,4-5,7,10-13H2,1-3H3;3-6,13,16-17H,7-12H2,1-2H3/t14-,15-,17+,18+,19-,20-,22-;/m0./s1. The molecule has 7 rings (SSSR count). The van der Waals surface area contributed by atoms with Gasteiger partial charge >= 0.3 is 18.0 Å². The molecular weight excluding hydrogens is 747 g/mol. The Morgan fingerprint density at radius 1 is 1.10 bits per heavy atom. The number of cyclic esters (lactones) is 1. The number of allylic oxidation sites excluding steroid dienone is 3. The number of benzene rings is 1. The Morgan fingerprint density at radius 3 is 2.55 bits per heavy atom. The van der Waals surface area contributed by atoms with Crippen LogP contribution in [0.5, 0.6) is 0 Å². The lowest BCUT2D eigenvalue weighted by Gasteiger charge is -2.42. The number of aliphatic hydroxyl groups excluding tert-OH is 1. The van der Waals surface area contributed by atoms with E-state index in [2.05, 4.69) is 35.0 Å². The van der Waals surface area contributed by atoms with Crippen LogP contribution >= 0.6 is 0 Å². The fraction of sp³-hybridized carbons (Fsp3) is 0.643. The zero-order valence-corrected chi connectivity index (χ0v) is 34.4. The van der Waals surface area contributed by atoms with Crippen molar-refractivity contribution in [2.75, 3.05) is 58.3 Å². The Morgan fingerprint density at radius 2 is 1.84 bits per heavy atom. The number of esters is 2. The highest BCUT2D eigenvalue weighted by Gasteiger charge is 2.48. The minimum absolute atomic E-state index is 0.0764. The largest absolute Gasteiger partial charge is 0.462 e. The highest BCUT2D eigenvalue weighted by atomic mass is 16.6. The van der Waals surface area contributed by atoms with Crippen LogP contribution in [0, 0.1) is 33.8 Å². The van der Waals surface area contributed by atoms with Crippen LogP contribution in [0.15, 0.2) is 53.1 Å². The van der Waals surface area contributed by atoms with Gasteiger partial charge in [-0.15, -0.1) is 0 Å². The maximum absolute atomic E-state index is 12.6. The number of nitro benzene ring substituents is 1. The van der Waals surface area contributed by atoms with Crippen LogP contribution in [0.2, 0.25) is 0 Å². The molecule has 2 aliphatic carbocycles. The third kappa shape index (κ3) is 9.54. The molecule has 9 atom stereocenters. The normalized spacial score (nSPS) is 30.2. The summed E-state index contributed by atoms with van der Waals surface area (Å²) in [7, 11) is 3.15. The third-order valence-corrected chi connectivity index (χ3v) is 12.7. The minimum Gasteiger partial charge on any atom is -0.462 e. The number of piperazine rings is 1. The lowest BCUT2D eigenvalue weighted by Crippen LogP contribution is -2.64. The fourth-order valence-electron chi connectivity index (χ4n) is 9.06. The molecule has 316 valence electrons. The van der Waals surface area contributed by atoms with Gasteiger partial charge in [-0.3, -0.25) is 34.3 Å². The van der Waals surface area contributed by atoms with E-state index in [0.29, 0.717) is 43.6 Å². The highest BCUT2D eigenvalue weighted by Crippen LogP contribution is 2.44. The van der Waals surface area contributed by atoms with Gasteiger partial charge in [0.15, 0.2) is 12.2 Å². The van der Waals surface area contributed by atoms with Gasteiger partial charge in [0.25, 0.3) is 11.6 Å². The summed E-state index contributed by atoms with van der Waals surface area (Å²) in [5.41, 5.74) is 2.06. The van der Waals surface area contributed by atoms with Crippen molar-refractivity contribution in [3.05, 3.63) is 58.2 Å². The Bertz CT molecular complexity index is 1780. The Labute approximate surface area is 340 Å². The number of imide groups is 1. The molecule has 2 unspecified atom stereocenters. The number of fused-ring (bicyclic) bond motifs is 2. The van der Waals surface area contributed by atoms with Crippen LogP contribution < -0.4 is 4.90 Å². The number of aliphatic imine (C=N–C) groups is 1. The van der Waals surface area contributed by atoms with Crippen molar-refractivity contribution in [3.63, 3.8) is 0 Å². The molecule has 1 N–H and O–H groups in total. The first-order valence-corrected chi connectivity index (χ1v) is 20.8. The van der Waals surface area contributed by atoms with E-state index in [4.69, 9.17) is 9.47 Å². The second kappa shape index (κ2) is 18.8. The van der Waals surface area contributed by atoms with Gasteiger partial charge in [0.05, 0.1) is 29.7 Å². The number of anilines is 1. The number of hydrogen-bond acceptors (Lipinski definition) is 13. The molecule has 0 spiro atoms. The minimum atomic E-state index is -0.593. The van der Waals surface area contributed by atoms with E-state index in [9.17, 15) is 34.4 Å². The molecule has 3 amide bonds. The van der Waals surface area contributed by atoms with Gasteiger partial charge in [0.1, 0.15) is 17.9 Å². The first-order chi connectivity index (χ1) is 27.8. The quantitative estimate of drug-likeness (QED) is 0.192. The molecule has 0 radical (unpaired) electrons. The summed E-state index contributed by atoms with van der Waals surface area (Å²) >= 11 is 0. The van der Waals surface area contributed by atoms with Crippen molar-refractivity contribution in [1.29, 1.82) is 0 Å². The SMILES string of the molecule is CC[C@H](C)C(=O)O[C@H]1CCC=C2C=C[C@H](C)[C@H](CC[C@@H]3C[C@@H](O)CC(=O)O3)[C@H]21.CN1C(=O)C2C(N=CN2CCN2CCN(c3ccccc3[N+](=O)[O-])CC2)N(C)C1=O. The van der Waals surface area contributed by atoms with Crippen LogP contribution in [-0.2, 0) is 23.9 Å². The molecule has 16 nitrogen and oxygen atoms in total. The summed E-state index contributed by atoms with van der Waals surface area (Å²) in [5.74, 6) is 0.191. The average Bonchev–Trinajstić information content (AvgIpc) is 3.65. The van der Waals surface area contributed by atoms with Gasteiger partial charge in [0.2, 0.25) is 0 Å². The van der Waals surface area contributed by atoms with Gasteiger partial charge in [-0.2, -0.15) is 0 Å². The molecule has 0 aromatic heterocycles.